The number of phenolic OH excluding ortho intramolecular Hbond substituents is 1. The summed E-state index contributed by atoms with van der Waals surface area (Å²) in [5, 5.41) is 15.5. The Hall–Kier alpha value is -3.26. The number of para-hydroxylation sites is 2. The van der Waals surface area contributed by atoms with Crippen molar-refractivity contribution in [1.29, 1.82) is 0 Å². The Balaban J connectivity index is 1.54. The molecule has 2 aromatic rings. The molecular weight excluding hydrogens is 398 g/mol. The van der Waals surface area contributed by atoms with Crippen LogP contribution in [-0.4, -0.2) is 55.2 Å². The third kappa shape index (κ3) is 5.67. The van der Waals surface area contributed by atoms with Crippen LogP contribution in [0.4, 0.5) is 11.4 Å². The first-order chi connectivity index (χ1) is 14.9. The number of hydrogen-bond donors (Lipinski definition) is 3. The number of methoxy groups -OCH3 is 2. The maximum Gasteiger partial charge on any atom is 0.241 e. The molecule has 1 aliphatic heterocycles. The number of nitrogens with zero attached hydrogens (tertiary/aromatic N) is 1. The molecule has 0 aliphatic carbocycles. The molecule has 2 aromatic carbocycles. The third-order valence-electron chi connectivity index (χ3n) is 5.61. The minimum absolute atomic E-state index is 0.0488. The summed E-state index contributed by atoms with van der Waals surface area (Å²) in [6.07, 6.45) is 1.29. The fraction of sp³-hybridized carbons (Fsp3) is 0.391. The molecule has 166 valence electrons. The number of anilines is 2. The molecule has 0 bridgehead atoms. The molecule has 0 saturated carbocycles. The van der Waals surface area contributed by atoms with E-state index in [2.05, 4.69) is 15.5 Å². The summed E-state index contributed by atoms with van der Waals surface area (Å²) in [7, 11) is 3.12. The smallest absolute Gasteiger partial charge is 0.241 e. The van der Waals surface area contributed by atoms with Crippen LogP contribution in [0.15, 0.2) is 42.5 Å². The average Bonchev–Trinajstić information content (AvgIpc) is 2.79. The molecule has 1 aliphatic rings. The largest absolute Gasteiger partial charge is 0.506 e. The number of hydrogen-bond acceptors (Lipinski definition) is 6. The maximum absolute atomic E-state index is 12.8. The quantitative estimate of drug-likeness (QED) is 0.587. The highest BCUT2D eigenvalue weighted by Crippen LogP contribution is 2.27. The number of rotatable bonds is 7. The first kappa shape index (κ1) is 22.4. The van der Waals surface area contributed by atoms with Crippen LogP contribution in [0.3, 0.4) is 0 Å². The topological polar surface area (TPSA) is 100 Å². The minimum Gasteiger partial charge on any atom is -0.506 e. The molecule has 1 unspecified atom stereocenters. The number of carbonyl (C=O) groups excluding carboxylic acids is 2. The summed E-state index contributed by atoms with van der Waals surface area (Å²) >= 11 is 0. The van der Waals surface area contributed by atoms with Gasteiger partial charge in [-0.25, -0.2) is 0 Å². The van der Waals surface area contributed by atoms with Gasteiger partial charge in [0.15, 0.2) is 0 Å². The summed E-state index contributed by atoms with van der Waals surface area (Å²) in [4.78, 5) is 27.4. The SMILES string of the molecule is COc1cc(NC(=O)C(C)N2CCC(C(=O)Nc3ccccc3O)CC2)cc(OC)c1. The summed E-state index contributed by atoms with van der Waals surface area (Å²) < 4.78 is 10.5. The zero-order valence-corrected chi connectivity index (χ0v) is 18.1. The van der Waals surface area contributed by atoms with Gasteiger partial charge in [-0.15, -0.1) is 0 Å². The van der Waals surface area contributed by atoms with E-state index in [-0.39, 0.29) is 29.5 Å². The van der Waals surface area contributed by atoms with Gasteiger partial charge < -0.3 is 25.2 Å². The van der Waals surface area contributed by atoms with E-state index < -0.39 is 0 Å². The standard InChI is InChI=1S/C23H29N3O5/c1-15(22(28)24-17-12-18(30-2)14-19(13-17)31-3)26-10-8-16(9-11-26)23(29)25-20-6-4-5-7-21(20)27/h4-7,12-16,27H,8-11H2,1-3H3,(H,24,28)(H,25,29). The maximum atomic E-state index is 12.8. The molecule has 0 spiro atoms. The molecule has 2 amide bonds. The predicted octanol–water partition coefficient (Wildman–Crippen LogP) is 3.09. The average molecular weight is 428 g/mol. The van der Waals surface area contributed by atoms with E-state index >= 15 is 0 Å². The van der Waals surface area contributed by atoms with Gasteiger partial charge >= 0.3 is 0 Å². The number of likely N-dealkylation sites (tertiary alicyclic amines) is 1. The predicted molar refractivity (Wildman–Crippen MR) is 119 cm³/mol. The summed E-state index contributed by atoms with van der Waals surface area (Å²) in [6.45, 7) is 3.12. The van der Waals surface area contributed by atoms with Crippen LogP contribution in [0.2, 0.25) is 0 Å². The van der Waals surface area contributed by atoms with Crippen molar-refractivity contribution < 1.29 is 24.2 Å². The zero-order chi connectivity index (χ0) is 22.4. The second kappa shape index (κ2) is 10.2. The number of carbonyl (C=O) groups is 2. The van der Waals surface area contributed by atoms with Crippen molar-refractivity contribution in [2.24, 2.45) is 5.92 Å². The van der Waals surface area contributed by atoms with Crippen LogP contribution in [-0.2, 0) is 9.59 Å². The molecule has 3 N–H and O–H groups in total. The van der Waals surface area contributed by atoms with Crippen LogP contribution in [0.5, 0.6) is 17.2 Å². The monoisotopic (exact) mass is 427 g/mol. The molecule has 0 radical (unpaired) electrons. The number of aromatic hydroxyl groups is 1. The van der Waals surface area contributed by atoms with Crippen LogP contribution in [0, 0.1) is 5.92 Å². The Morgan fingerprint density at radius 1 is 1.03 bits per heavy atom. The highest BCUT2D eigenvalue weighted by molar-refractivity contribution is 5.95. The highest BCUT2D eigenvalue weighted by atomic mass is 16.5. The Morgan fingerprint density at radius 2 is 1.65 bits per heavy atom. The number of piperidine rings is 1. The third-order valence-corrected chi connectivity index (χ3v) is 5.61. The van der Waals surface area contributed by atoms with Gasteiger partial charge in [0.25, 0.3) is 0 Å². The fourth-order valence-electron chi connectivity index (χ4n) is 3.66. The fourth-order valence-corrected chi connectivity index (χ4v) is 3.66. The second-order valence-electron chi connectivity index (χ2n) is 7.58. The lowest BCUT2D eigenvalue weighted by Gasteiger charge is -2.34. The van der Waals surface area contributed by atoms with Gasteiger partial charge in [0, 0.05) is 29.8 Å². The van der Waals surface area contributed by atoms with Crippen LogP contribution >= 0.6 is 0 Å². The number of benzene rings is 2. The van der Waals surface area contributed by atoms with E-state index in [1.807, 2.05) is 6.92 Å². The van der Waals surface area contributed by atoms with Crippen LogP contribution in [0.1, 0.15) is 19.8 Å². The number of amides is 2. The lowest BCUT2D eigenvalue weighted by molar-refractivity contribution is -0.123. The highest BCUT2D eigenvalue weighted by Gasteiger charge is 2.30. The molecule has 8 nitrogen and oxygen atoms in total. The molecule has 3 rings (SSSR count). The van der Waals surface area contributed by atoms with E-state index in [1.54, 1.807) is 50.6 Å². The van der Waals surface area contributed by atoms with Crippen molar-refractivity contribution in [1.82, 2.24) is 4.90 Å². The van der Waals surface area contributed by atoms with Crippen molar-refractivity contribution in [2.45, 2.75) is 25.8 Å². The molecule has 8 heteroatoms. The number of nitrogens with one attached hydrogen (secondary N) is 2. The van der Waals surface area contributed by atoms with Gasteiger partial charge in [-0.05, 0) is 45.0 Å². The van der Waals surface area contributed by atoms with Gasteiger partial charge in [0.05, 0.1) is 25.9 Å². The van der Waals surface area contributed by atoms with Gasteiger partial charge in [-0.2, -0.15) is 0 Å². The lowest BCUT2D eigenvalue weighted by atomic mass is 9.94. The van der Waals surface area contributed by atoms with Crippen LogP contribution < -0.4 is 20.1 Å². The lowest BCUT2D eigenvalue weighted by Crippen LogP contribution is -2.47. The van der Waals surface area contributed by atoms with Crippen molar-refractivity contribution >= 4 is 23.2 Å². The van der Waals surface area contributed by atoms with Crippen molar-refractivity contribution in [3.63, 3.8) is 0 Å². The normalized spacial score (nSPS) is 15.7. The van der Waals surface area contributed by atoms with Gasteiger partial charge in [0.1, 0.15) is 17.2 Å². The Morgan fingerprint density at radius 3 is 2.23 bits per heavy atom. The van der Waals surface area contributed by atoms with Gasteiger partial charge in [0.2, 0.25) is 11.8 Å². The van der Waals surface area contributed by atoms with E-state index in [4.69, 9.17) is 9.47 Å². The molecule has 1 saturated heterocycles. The zero-order valence-electron chi connectivity index (χ0n) is 18.1. The Labute approximate surface area is 182 Å². The summed E-state index contributed by atoms with van der Waals surface area (Å²) in [5.74, 6) is 0.841. The minimum atomic E-state index is -0.348. The molecule has 1 fully saturated rings. The van der Waals surface area contributed by atoms with Gasteiger partial charge in [-0.3, -0.25) is 14.5 Å². The van der Waals surface area contributed by atoms with E-state index in [9.17, 15) is 14.7 Å². The Kier molecular flexibility index (Phi) is 7.36. The van der Waals surface area contributed by atoms with Crippen LogP contribution in [0.25, 0.3) is 0 Å². The summed E-state index contributed by atoms with van der Waals surface area (Å²) in [5.41, 5.74) is 1.02. The molecule has 1 heterocycles. The Bertz CT molecular complexity index is 903. The number of phenols is 1. The van der Waals surface area contributed by atoms with E-state index in [1.165, 1.54) is 6.07 Å². The van der Waals surface area contributed by atoms with Crippen molar-refractivity contribution in [3.05, 3.63) is 42.5 Å². The van der Waals surface area contributed by atoms with E-state index in [0.29, 0.717) is 48.8 Å². The molecular formula is C23H29N3O5. The van der Waals surface area contributed by atoms with Gasteiger partial charge in [-0.1, -0.05) is 12.1 Å². The first-order valence-electron chi connectivity index (χ1n) is 10.3. The second-order valence-corrected chi connectivity index (χ2v) is 7.58. The molecule has 1 atom stereocenters. The molecule has 0 aromatic heterocycles. The van der Waals surface area contributed by atoms with Crippen molar-refractivity contribution in [2.75, 3.05) is 37.9 Å². The van der Waals surface area contributed by atoms with Crippen molar-refractivity contribution in [3.8, 4) is 17.2 Å². The molecule has 31 heavy (non-hydrogen) atoms. The number of ether oxygens (including phenoxy) is 2. The summed E-state index contributed by atoms with van der Waals surface area (Å²) in [6, 6.07) is 11.5. The van der Waals surface area contributed by atoms with E-state index in [0.717, 1.165) is 0 Å². The first-order valence-corrected chi connectivity index (χ1v) is 10.3.